The molecule has 0 atom stereocenters. The molecule has 0 aliphatic heterocycles. The second-order valence-corrected chi connectivity index (χ2v) is 4.14. The Bertz CT molecular complexity index is 425. The first-order valence-corrected chi connectivity index (χ1v) is 5.57. The standard InChI is InChI=1S/C12H17FN2O3/c1-2-12(6-16,7-17)15-11(18)8-3-4-9(13)10(14)5-8/h3-5,16-17H,2,6-7,14H2,1H3,(H,15,18). The number of halogens is 1. The largest absolute Gasteiger partial charge is 0.396 e. The first kappa shape index (κ1) is 14.4. The van der Waals surface area contributed by atoms with E-state index in [0.29, 0.717) is 6.42 Å². The van der Waals surface area contributed by atoms with Crippen LogP contribution in [0.25, 0.3) is 0 Å². The van der Waals surface area contributed by atoms with E-state index in [2.05, 4.69) is 5.32 Å². The molecule has 0 saturated heterocycles. The van der Waals surface area contributed by atoms with Crippen molar-refractivity contribution in [3.05, 3.63) is 29.6 Å². The second-order valence-electron chi connectivity index (χ2n) is 4.14. The molecule has 0 unspecified atom stereocenters. The fourth-order valence-electron chi connectivity index (χ4n) is 1.44. The molecular weight excluding hydrogens is 239 g/mol. The van der Waals surface area contributed by atoms with Crippen LogP contribution in [-0.2, 0) is 0 Å². The van der Waals surface area contributed by atoms with E-state index < -0.39 is 17.3 Å². The van der Waals surface area contributed by atoms with Gasteiger partial charge in [-0.25, -0.2) is 4.39 Å². The molecule has 0 heterocycles. The number of amides is 1. The van der Waals surface area contributed by atoms with Crippen molar-refractivity contribution in [3.8, 4) is 0 Å². The third-order valence-corrected chi connectivity index (χ3v) is 2.92. The highest BCUT2D eigenvalue weighted by molar-refractivity contribution is 5.95. The maximum Gasteiger partial charge on any atom is 0.251 e. The van der Waals surface area contributed by atoms with Gasteiger partial charge in [-0.3, -0.25) is 4.79 Å². The highest BCUT2D eigenvalue weighted by Gasteiger charge is 2.29. The Morgan fingerprint density at radius 1 is 1.44 bits per heavy atom. The summed E-state index contributed by atoms with van der Waals surface area (Å²) in [6.45, 7) is 0.955. The van der Waals surface area contributed by atoms with Crippen molar-refractivity contribution in [2.45, 2.75) is 18.9 Å². The molecular formula is C12H17FN2O3. The van der Waals surface area contributed by atoms with E-state index in [9.17, 15) is 19.4 Å². The Kier molecular flexibility index (Phi) is 4.63. The highest BCUT2D eigenvalue weighted by Crippen LogP contribution is 2.14. The molecule has 0 aliphatic carbocycles. The number of hydrogen-bond acceptors (Lipinski definition) is 4. The minimum absolute atomic E-state index is 0.127. The molecule has 1 aromatic carbocycles. The van der Waals surface area contributed by atoms with E-state index in [4.69, 9.17) is 5.73 Å². The normalized spacial score (nSPS) is 11.3. The predicted octanol–water partition coefficient (Wildman–Crippen LogP) is 0.271. The van der Waals surface area contributed by atoms with E-state index in [1.165, 1.54) is 12.1 Å². The van der Waals surface area contributed by atoms with Crippen molar-refractivity contribution in [3.63, 3.8) is 0 Å². The molecule has 0 spiro atoms. The topological polar surface area (TPSA) is 95.6 Å². The molecule has 1 rings (SSSR count). The number of aliphatic hydroxyl groups excluding tert-OH is 2. The van der Waals surface area contributed by atoms with Crippen LogP contribution in [0.5, 0.6) is 0 Å². The van der Waals surface area contributed by atoms with Crippen molar-refractivity contribution < 1.29 is 19.4 Å². The number of nitrogen functional groups attached to an aromatic ring is 1. The lowest BCUT2D eigenvalue weighted by Gasteiger charge is -2.29. The monoisotopic (exact) mass is 256 g/mol. The molecule has 100 valence electrons. The second kappa shape index (κ2) is 5.79. The van der Waals surface area contributed by atoms with Crippen molar-refractivity contribution in [2.75, 3.05) is 18.9 Å². The lowest BCUT2D eigenvalue weighted by molar-refractivity contribution is 0.0653. The van der Waals surface area contributed by atoms with E-state index in [0.717, 1.165) is 6.07 Å². The third-order valence-electron chi connectivity index (χ3n) is 2.92. The number of anilines is 1. The zero-order valence-corrected chi connectivity index (χ0v) is 10.1. The summed E-state index contributed by atoms with van der Waals surface area (Å²) in [6, 6.07) is 3.59. The van der Waals surface area contributed by atoms with Crippen LogP contribution in [0.4, 0.5) is 10.1 Å². The van der Waals surface area contributed by atoms with Gasteiger partial charge in [-0.05, 0) is 24.6 Å². The zero-order chi connectivity index (χ0) is 13.8. The number of carbonyl (C=O) groups excluding carboxylic acids is 1. The minimum atomic E-state index is -1.08. The average molecular weight is 256 g/mol. The molecule has 5 N–H and O–H groups in total. The number of nitrogens with one attached hydrogen (secondary N) is 1. The van der Waals surface area contributed by atoms with Crippen molar-refractivity contribution >= 4 is 11.6 Å². The summed E-state index contributed by atoms with van der Waals surface area (Å²) in [5, 5.41) is 20.9. The fraction of sp³-hybridized carbons (Fsp3) is 0.417. The average Bonchev–Trinajstić information content (AvgIpc) is 2.39. The summed E-state index contributed by atoms with van der Waals surface area (Å²) in [5.41, 5.74) is 4.33. The molecule has 18 heavy (non-hydrogen) atoms. The van der Waals surface area contributed by atoms with E-state index >= 15 is 0 Å². The van der Waals surface area contributed by atoms with Crippen LogP contribution in [0, 0.1) is 5.82 Å². The fourth-order valence-corrected chi connectivity index (χ4v) is 1.44. The Hall–Kier alpha value is -1.66. The van der Waals surface area contributed by atoms with Crippen LogP contribution >= 0.6 is 0 Å². The molecule has 0 radical (unpaired) electrons. The van der Waals surface area contributed by atoms with Gasteiger partial charge in [-0.15, -0.1) is 0 Å². The van der Waals surface area contributed by atoms with Crippen molar-refractivity contribution in [2.24, 2.45) is 0 Å². The van der Waals surface area contributed by atoms with Gasteiger partial charge in [-0.1, -0.05) is 6.92 Å². The quantitative estimate of drug-likeness (QED) is 0.569. The molecule has 1 amide bonds. The molecule has 6 heteroatoms. The van der Waals surface area contributed by atoms with Gasteiger partial charge in [-0.2, -0.15) is 0 Å². The summed E-state index contributed by atoms with van der Waals surface area (Å²) in [5.74, 6) is -1.12. The molecule has 5 nitrogen and oxygen atoms in total. The van der Waals surface area contributed by atoms with Gasteiger partial charge in [0.05, 0.1) is 24.4 Å². The Morgan fingerprint density at radius 2 is 2.06 bits per heavy atom. The van der Waals surface area contributed by atoms with E-state index in [1.807, 2.05) is 0 Å². The number of aliphatic hydroxyl groups is 2. The first-order valence-electron chi connectivity index (χ1n) is 5.57. The number of carbonyl (C=O) groups is 1. The van der Waals surface area contributed by atoms with Gasteiger partial charge in [0.25, 0.3) is 5.91 Å². The van der Waals surface area contributed by atoms with Gasteiger partial charge in [0.1, 0.15) is 5.82 Å². The van der Waals surface area contributed by atoms with Crippen LogP contribution in [0.3, 0.4) is 0 Å². The number of benzene rings is 1. The maximum absolute atomic E-state index is 13.0. The van der Waals surface area contributed by atoms with Gasteiger partial charge >= 0.3 is 0 Å². The van der Waals surface area contributed by atoms with Gasteiger partial charge in [0.15, 0.2) is 0 Å². The van der Waals surface area contributed by atoms with Gasteiger partial charge < -0.3 is 21.3 Å². The summed E-state index contributed by atoms with van der Waals surface area (Å²) >= 11 is 0. The van der Waals surface area contributed by atoms with E-state index in [1.54, 1.807) is 6.92 Å². The molecule has 0 bridgehead atoms. The highest BCUT2D eigenvalue weighted by atomic mass is 19.1. The van der Waals surface area contributed by atoms with Crippen molar-refractivity contribution in [1.82, 2.24) is 5.32 Å². The van der Waals surface area contributed by atoms with E-state index in [-0.39, 0.29) is 24.5 Å². The predicted molar refractivity (Wildman–Crippen MR) is 65.5 cm³/mol. The van der Waals surface area contributed by atoms with Gasteiger partial charge in [0.2, 0.25) is 0 Å². The maximum atomic E-state index is 13.0. The van der Waals surface area contributed by atoms with Crippen LogP contribution in [0.15, 0.2) is 18.2 Å². The summed E-state index contributed by atoms with van der Waals surface area (Å²) in [4.78, 5) is 11.9. The zero-order valence-electron chi connectivity index (χ0n) is 10.1. The SMILES string of the molecule is CCC(CO)(CO)NC(=O)c1ccc(F)c(N)c1. The molecule has 0 aliphatic rings. The number of nitrogens with two attached hydrogens (primary N) is 1. The Labute approximate surface area is 104 Å². The third kappa shape index (κ3) is 2.96. The van der Waals surface area contributed by atoms with Gasteiger partial charge in [0, 0.05) is 5.56 Å². The van der Waals surface area contributed by atoms with Crippen LogP contribution in [0.2, 0.25) is 0 Å². The minimum Gasteiger partial charge on any atom is -0.396 e. The van der Waals surface area contributed by atoms with Crippen molar-refractivity contribution in [1.29, 1.82) is 0 Å². The lowest BCUT2D eigenvalue weighted by atomic mass is 9.97. The molecule has 1 aromatic rings. The smallest absolute Gasteiger partial charge is 0.251 e. The summed E-state index contributed by atoms with van der Waals surface area (Å²) in [7, 11) is 0. The number of rotatable bonds is 5. The van der Waals surface area contributed by atoms with Crippen LogP contribution < -0.4 is 11.1 Å². The summed E-state index contributed by atoms with van der Waals surface area (Å²) < 4.78 is 13.0. The van der Waals surface area contributed by atoms with Crippen LogP contribution in [-0.4, -0.2) is 34.9 Å². The summed E-state index contributed by atoms with van der Waals surface area (Å²) in [6.07, 6.45) is 0.364. The molecule has 0 fully saturated rings. The first-order chi connectivity index (χ1) is 8.48. The molecule has 0 saturated carbocycles. The number of hydrogen-bond donors (Lipinski definition) is 4. The Morgan fingerprint density at radius 3 is 2.50 bits per heavy atom. The Balaban J connectivity index is 2.90. The van der Waals surface area contributed by atoms with Crippen LogP contribution in [0.1, 0.15) is 23.7 Å². The molecule has 0 aromatic heterocycles. The lowest BCUT2D eigenvalue weighted by Crippen LogP contribution is -2.53.